The first-order valence-corrected chi connectivity index (χ1v) is 8.65. The number of ether oxygens (including phenoxy) is 1. The molecule has 0 fully saturated rings. The highest BCUT2D eigenvalue weighted by molar-refractivity contribution is 7.54. The van der Waals surface area contributed by atoms with Crippen LogP contribution in [0.15, 0.2) is 29.7 Å². The van der Waals surface area contributed by atoms with Crippen LogP contribution >= 0.6 is 7.60 Å². The topological polar surface area (TPSA) is 94.6 Å². The van der Waals surface area contributed by atoms with Gasteiger partial charge in [-0.15, -0.1) is 0 Å². The van der Waals surface area contributed by atoms with Gasteiger partial charge in [0.25, 0.3) is 0 Å². The summed E-state index contributed by atoms with van der Waals surface area (Å²) in [4.78, 5) is 0. The fourth-order valence-electron chi connectivity index (χ4n) is 2.48. The Bertz CT molecular complexity index is 683. The smallest absolute Gasteiger partial charge is 0.343 e. The van der Waals surface area contributed by atoms with Gasteiger partial charge in [0.1, 0.15) is 23.1 Å². The van der Waals surface area contributed by atoms with E-state index < -0.39 is 13.3 Å². The predicted molar refractivity (Wildman–Crippen MR) is 82.2 cm³/mol. The van der Waals surface area contributed by atoms with E-state index in [-0.39, 0.29) is 24.7 Å². The van der Waals surface area contributed by atoms with Gasteiger partial charge in [-0.2, -0.15) is 5.26 Å². The van der Waals surface area contributed by atoms with Gasteiger partial charge in [0.15, 0.2) is 0 Å². The Morgan fingerprint density at radius 2 is 2.00 bits per heavy atom. The van der Waals surface area contributed by atoms with E-state index >= 15 is 0 Å². The van der Waals surface area contributed by atoms with Gasteiger partial charge in [-0.25, -0.2) is 0 Å². The Labute approximate surface area is 130 Å². The average molecular weight is 322 g/mol. The first-order valence-electron chi connectivity index (χ1n) is 7.04. The monoisotopic (exact) mass is 322 g/mol. The van der Waals surface area contributed by atoms with Gasteiger partial charge in [-0.1, -0.05) is 18.2 Å². The zero-order chi connectivity index (χ0) is 16.3. The summed E-state index contributed by atoms with van der Waals surface area (Å²) in [5.41, 5.74) is 6.48. The summed E-state index contributed by atoms with van der Waals surface area (Å²) >= 11 is 0. The van der Waals surface area contributed by atoms with Crippen molar-refractivity contribution in [1.82, 2.24) is 0 Å². The molecule has 0 bridgehead atoms. The number of para-hydroxylation sites is 1. The van der Waals surface area contributed by atoms with E-state index in [2.05, 4.69) is 0 Å². The van der Waals surface area contributed by atoms with E-state index in [0.29, 0.717) is 11.3 Å². The summed E-state index contributed by atoms with van der Waals surface area (Å²) in [6.07, 6.45) is 0. The third-order valence-electron chi connectivity index (χ3n) is 3.34. The summed E-state index contributed by atoms with van der Waals surface area (Å²) in [5.74, 6) is 0.442. The van der Waals surface area contributed by atoms with Crippen LogP contribution in [0.5, 0.6) is 5.75 Å². The highest BCUT2D eigenvalue weighted by atomic mass is 31.2. The molecule has 0 saturated heterocycles. The number of hydrogen-bond acceptors (Lipinski definition) is 6. The molecule has 0 spiro atoms. The van der Waals surface area contributed by atoms with Gasteiger partial charge in [0.05, 0.1) is 13.2 Å². The Kier molecular flexibility index (Phi) is 4.92. The number of benzene rings is 1. The minimum absolute atomic E-state index is 0.0612. The van der Waals surface area contributed by atoms with Crippen LogP contribution in [0.1, 0.15) is 30.6 Å². The molecule has 7 heteroatoms. The van der Waals surface area contributed by atoms with E-state index in [0.717, 1.165) is 5.56 Å². The fraction of sp³-hybridized carbons (Fsp3) is 0.400. The lowest BCUT2D eigenvalue weighted by Crippen LogP contribution is -2.22. The lowest BCUT2D eigenvalue weighted by molar-refractivity contribution is 0.213. The van der Waals surface area contributed by atoms with E-state index in [1.807, 2.05) is 25.1 Å². The Balaban J connectivity index is 2.68. The molecular weight excluding hydrogens is 303 g/mol. The van der Waals surface area contributed by atoms with Gasteiger partial charge in [0, 0.05) is 5.56 Å². The molecule has 0 amide bonds. The van der Waals surface area contributed by atoms with Crippen LogP contribution in [0.4, 0.5) is 0 Å². The highest BCUT2D eigenvalue weighted by Gasteiger charge is 2.45. The number of aryl methyl sites for hydroxylation is 1. The third kappa shape index (κ3) is 2.76. The number of fused-ring (bicyclic) bond motifs is 1. The van der Waals surface area contributed by atoms with E-state index in [9.17, 15) is 9.83 Å². The molecule has 0 aliphatic carbocycles. The van der Waals surface area contributed by atoms with Crippen molar-refractivity contribution in [3.8, 4) is 11.8 Å². The van der Waals surface area contributed by atoms with Gasteiger partial charge >= 0.3 is 7.60 Å². The second-order valence-electron chi connectivity index (χ2n) is 4.76. The van der Waals surface area contributed by atoms with Crippen molar-refractivity contribution in [3.05, 3.63) is 40.8 Å². The average Bonchev–Trinajstić information content (AvgIpc) is 2.47. The largest absolute Gasteiger partial charge is 0.440 e. The van der Waals surface area contributed by atoms with Crippen molar-refractivity contribution in [2.45, 2.75) is 26.4 Å². The number of rotatable bonds is 5. The molecule has 22 heavy (non-hydrogen) atoms. The minimum Gasteiger partial charge on any atom is -0.440 e. The number of nitrogens with two attached hydrogens (primary N) is 1. The number of hydrogen-bond donors (Lipinski definition) is 1. The molecule has 6 nitrogen and oxygen atoms in total. The normalized spacial score (nSPS) is 17.6. The van der Waals surface area contributed by atoms with Gasteiger partial charge in [-0.05, 0) is 26.3 Å². The molecule has 1 aromatic rings. The van der Waals surface area contributed by atoms with Crippen molar-refractivity contribution in [2.75, 3.05) is 13.2 Å². The van der Waals surface area contributed by atoms with Crippen molar-refractivity contribution in [1.29, 1.82) is 5.26 Å². The molecule has 1 aliphatic heterocycles. The van der Waals surface area contributed by atoms with Crippen molar-refractivity contribution in [3.63, 3.8) is 0 Å². The molecule has 118 valence electrons. The van der Waals surface area contributed by atoms with Crippen LogP contribution in [-0.4, -0.2) is 13.2 Å². The third-order valence-corrected chi connectivity index (χ3v) is 5.75. The summed E-state index contributed by atoms with van der Waals surface area (Å²) in [6.45, 7) is 5.71. The first kappa shape index (κ1) is 16.6. The maximum atomic E-state index is 13.2. The van der Waals surface area contributed by atoms with E-state index in [1.54, 1.807) is 19.9 Å². The van der Waals surface area contributed by atoms with Gasteiger partial charge in [0.2, 0.25) is 5.88 Å². The number of nitriles is 1. The van der Waals surface area contributed by atoms with Crippen molar-refractivity contribution < 1.29 is 18.3 Å². The number of allylic oxidation sites excluding steroid dienone is 1. The molecule has 0 aromatic heterocycles. The second-order valence-corrected chi connectivity index (χ2v) is 6.88. The fourth-order valence-corrected chi connectivity index (χ4v) is 4.61. The highest BCUT2D eigenvalue weighted by Crippen LogP contribution is 2.66. The van der Waals surface area contributed by atoms with Crippen LogP contribution in [0.25, 0.3) is 0 Å². The van der Waals surface area contributed by atoms with Crippen molar-refractivity contribution >= 4 is 7.60 Å². The minimum atomic E-state index is -3.60. The maximum absolute atomic E-state index is 13.2. The Morgan fingerprint density at radius 1 is 1.36 bits per heavy atom. The SMILES string of the molecule is CCOP(=O)(OCC)C1C(C#N)=C(N)Oc2c(C)cccc21. The molecule has 1 atom stereocenters. The summed E-state index contributed by atoms with van der Waals surface area (Å²) in [6, 6.07) is 7.40. The molecular formula is C15H19N2O4P. The summed E-state index contributed by atoms with van der Waals surface area (Å²) in [5, 5.41) is 9.43. The van der Waals surface area contributed by atoms with Gasteiger partial charge in [-0.3, -0.25) is 4.57 Å². The zero-order valence-corrected chi connectivity index (χ0v) is 13.7. The van der Waals surface area contributed by atoms with Crippen LogP contribution in [0.3, 0.4) is 0 Å². The summed E-state index contributed by atoms with van der Waals surface area (Å²) < 4.78 is 29.6. The summed E-state index contributed by atoms with van der Waals surface area (Å²) in [7, 11) is -3.60. The zero-order valence-electron chi connectivity index (χ0n) is 12.8. The molecule has 1 heterocycles. The number of nitrogens with zero attached hydrogens (tertiary/aromatic N) is 1. The van der Waals surface area contributed by atoms with Crippen LogP contribution in [0.2, 0.25) is 0 Å². The molecule has 0 saturated carbocycles. The molecule has 1 aromatic carbocycles. The molecule has 2 N–H and O–H groups in total. The standard InChI is InChI=1S/C15H19N2O4P/c1-4-19-22(18,20-5-2)14-11-8-6-7-10(3)13(11)21-15(17)12(14)9-16/h6-8,14H,4-5,17H2,1-3H3. The Morgan fingerprint density at radius 3 is 2.55 bits per heavy atom. The van der Waals surface area contributed by atoms with E-state index in [1.165, 1.54) is 0 Å². The predicted octanol–water partition coefficient (Wildman–Crippen LogP) is 3.39. The molecule has 0 radical (unpaired) electrons. The maximum Gasteiger partial charge on any atom is 0.343 e. The Hall–Kier alpha value is -1.80. The van der Waals surface area contributed by atoms with Crippen LogP contribution < -0.4 is 10.5 Å². The second kappa shape index (κ2) is 6.53. The lowest BCUT2D eigenvalue weighted by Gasteiger charge is -2.31. The van der Waals surface area contributed by atoms with Gasteiger partial charge < -0.3 is 19.5 Å². The molecule has 2 rings (SSSR count). The van der Waals surface area contributed by atoms with Crippen LogP contribution in [-0.2, 0) is 13.6 Å². The molecule has 1 unspecified atom stereocenters. The lowest BCUT2D eigenvalue weighted by atomic mass is 10.00. The quantitative estimate of drug-likeness (QED) is 0.835. The molecule has 1 aliphatic rings. The van der Waals surface area contributed by atoms with Crippen molar-refractivity contribution in [2.24, 2.45) is 5.73 Å². The first-order chi connectivity index (χ1) is 10.5. The van der Waals surface area contributed by atoms with E-state index in [4.69, 9.17) is 19.5 Å². The van der Waals surface area contributed by atoms with Crippen LogP contribution in [0, 0.1) is 18.3 Å².